The molecule has 0 unspecified atom stereocenters. The van der Waals surface area contributed by atoms with Crippen molar-refractivity contribution in [3.8, 4) is 0 Å². The maximum Gasteiger partial charge on any atom is 0.435 e. The van der Waals surface area contributed by atoms with E-state index in [1.807, 2.05) is 0 Å². The summed E-state index contributed by atoms with van der Waals surface area (Å²) in [6, 6.07) is 0.834. The van der Waals surface area contributed by atoms with Crippen LogP contribution in [0.2, 0.25) is 0 Å². The zero-order valence-corrected chi connectivity index (χ0v) is 9.14. The summed E-state index contributed by atoms with van der Waals surface area (Å²) in [5.41, 5.74) is -0.994. The van der Waals surface area contributed by atoms with Gasteiger partial charge in [0.05, 0.1) is 12.8 Å². The highest BCUT2D eigenvalue weighted by atomic mass is 32.2. The third-order valence-corrected chi connectivity index (χ3v) is 2.36. The Labute approximate surface area is 90.3 Å². The highest BCUT2D eigenvalue weighted by Gasteiger charge is 2.33. The number of rotatable bonds is 4. The Balaban J connectivity index is 2.54. The molecular formula is C7H10F3N3O2S. The topological polar surface area (TPSA) is 64.0 Å². The number of halogens is 3. The fourth-order valence-electron chi connectivity index (χ4n) is 0.983. The van der Waals surface area contributed by atoms with Gasteiger partial charge in [0, 0.05) is 12.7 Å². The Bertz CT molecular complexity index is 452. The quantitative estimate of drug-likeness (QED) is 0.851. The van der Waals surface area contributed by atoms with E-state index in [1.54, 1.807) is 0 Å². The minimum Gasteiger partial charge on any atom is -0.271 e. The van der Waals surface area contributed by atoms with Crippen LogP contribution in [0.1, 0.15) is 5.69 Å². The van der Waals surface area contributed by atoms with Crippen molar-refractivity contribution in [3.63, 3.8) is 0 Å². The summed E-state index contributed by atoms with van der Waals surface area (Å²) in [7, 11) is -3.33. The van der Waals surface area contributed by atoms with Crippen LogP contribution in [0.5, 0.6) is 0 Å². The lowest BCUT2D eigenvalue weighted by molar-refractivity contribution is -0.141. The number of hydrogen-bond acceptors (Lipinski definition) is 3. The van der Waals surface area contributed by atoms with Gasteiger partial charge in [-0.15, -0.1) is 0 Å². The molecule has 1 rings (SSSR count). The Morgan fingerprint density at radius 2 is 2.12 bits per heavy atom. The van der Waals surface area contributed by atoms with Crippen LogP contribution in [0, 0.1) is 0 Å². The van der Waals surface area contributed by atoms with Crippen LogP contribution in [-0.4, -0.2) is 31.0 Å². The molecule has 0 aromatic carbocycles. The van der Waals surface area contributed by atoms with Crippen molar-refractivity contribution in [3.05, 3.63) is 18.0 Å². The predicted molar refractivity (Wildman–Crippen MR) is 50.1 cm³/mol. The van der Waals surface area contributed by atoms with Crippen LogP contribution in [0.4, 0.5) is 13.2 Å². The van der Waals surface area contributed by atoms with Crippen LogP contribution < -0.4 is 4.72 Å². The molecule has 1 aromatic rings. The number of aromatic nitrogens is 2. The molecule has 1 aromatic heterocycles. The Kier molecular flexibility index (Phi) is 3.58. The van der Waals surface area contributed by atoms with Crippen LogP contribution >= 0.6 is 0 Å². The van der Waals surface area contributed by atoms with Gasteiger partial charge in [0.2, 0.25) is 10.0 Å². The molecule has 0 aliphatic heterocycles. The largest absolute Gasteiger partial charge is 0.435 e. The molecule has 9 heteroatoms. The lowest BCUT2D eigenvalue weighted by Crippen LogP contribution is -2.26. The molecule has 0 saturated heterocycles. The number of nitrogens with one attached hydrogen (secondary N) is 1. The smallest absolute Gasteiger partial charge is 0.271 e. The van der Waals surface area contributed by atoms with E-state index in [9.17, 15) is 21.6 Å². The second-order valence-electron chi connectivity index (χ2n) is 3.13. The number of hydrogen-bond donors (Lipinski definition) is 1. The van der Waals surface area contributed by atoms with E-state index in [0.717, 1.165) is 23.2 Å². The summed E-state index contributed by atoms with van der Waals surface area (Å²) in [5.74, 6) is 0. The molecule has 92 valence electrons. The molecule has 0 spiro atoms. The zero-order valence-electron chi connectivity index (χ0n) is 8.32. The van der Waals surface area contributed by atoms with Crippen molar-refractivity contribution < 1.29 is 21.6 Å². The summed E-state index contributed by atoms with van der Waals surface area (Å²) in [4.78, 5) is 0. The molecule has 0 saturated carbocycles. The van der Waals surface area contributed by atoms with Gasteiger partial charge in [0.25, 0.3) is 0 Å². The fraction of sp³-hybridized carbons (Fsp3) is 0.571. The summed E-state index contributed by atoms with van der Waals surface area (Å²) in [6.07, 6.45) is -2.36. The summed E-state index contributed by atoms with van der Waals surface area (Å²) in [5, 5.41) is 3.26. The van der Waals surface area contributed by atoms with E-state index in [-0.39, 0.29) is 13.1 Å². The Hall–Kier alpha value is -1.09. The first kappa shape index (κ1) is 13.0. The van der Waals surface area contributed by atoms with Crippen LogP contribution in [0.15, 0.2) is 12.3 Å². The average Bonchev–Trinajstić information content (AvgIpc) is 2.49. The van der Waals surface area contributed by atoms with Crippen molar-refractivity contribution >= 4 is 10.0 Å². The zero-order chi connectivity index (χ0) is 12.4. The lowest BCUT2D eigenvalue weighted by atomic mass is 10.4. The molecule has 0 bridgehead atoms. The molecule has 0 atom stereocenters. The molecular weight excluding hydrogens is 247 g/mol. The van der Waals surface area contributed by atoms with Crippen LogP contribution in [0.25, 0.3) is 0 Å². The molecule has 0 aliphatic rings. The minimum atomic E-state index is -4.48. The maximum absolute atomic E-state index is 12.1. The van der Waals surface area contributed by atoms with Crippen LogP contribution in [-0.2, 0) is 22.7 Å². The van der Waals surface area contributed by atoms with Gasteiger partial charge in [-0.3, -0.25) is 4.68 Å². The number of nitrogens with zero attached hydrogens (tertiary/aromatic N) is 2. The maximum atomic E-state index is 12.1. The number of alkyl halides is 3. The molecule has 0 amide bonds. The second kappa shape index (κ2) is 4.42. The van der Waals surface area contributed by atoms with Gasteiger partial charge in [0.1, 0.15) is 0 Å². The molecule has 5 nitrogen and oxygen atoms in total. The molecule has 1 heterocycles. The van der Waals surface area contributed by atoms with Gasteiger partial charge in [-0.25, -0.2) is 13.1 Å². The van der Waals surface area contributed by atoms with E-state index in [2.05, 4.69) is 9.82 Å². The first-order valence-corrected chi connectivity index (χ1v) is 6.13. The normalized spacial score (nSPS) is 13.0. The van der Waals surface area contributed by atoms with Gasteiger partial charge < -0.3 is 0 Å². The molecule has 16 heavy (non-hydrogen) atoms. The van der Waals surface area contributed by atoms with E-state index < -0.39 is 21.9 Å². The molecule has 1 N–H and O–H groups in total. The van der Waals surface area contributed by atoms with Gasteiger partial charge in [-0.05, 0) is 6.07 Å². The van der Waals surface area contributed by atoms with Crippen molar-refractivity contribution in [2.45, 2.75) is 12.7 Å². The van der Waals surface area contributed by atoms with Crippen molar-refractivity contribution in [2.75, 3.05) is 12.8 Å². The van der Waals surface area contributed by atoms with Gasteiger partial charge in [0.15, 0.2) is 5.69 Å². The van der Waals surface area contributed by atoms with E-state index in [0.29, 0.717) is 0 Å². The van der Waals surface area contributed by atoms with Crippen LogP contribution in [0.3, 0.4) is 0 Å². The Morgan fingerprint density at radius 3 is 2.56 bits per heavy atom. The average molecular weight is 257 g/mol. The number of sulfonamides is 1. The SMILES string of the molecule is CS(=O)(=O)NCCn1ccc(C(F)(F)F)n1. The predicted octanol–water partition coefficient (Wildman–Crippen LogP) is 0.451. The molecule has 0 radical (unpaired) electrons. The Morgan fingerprint density at radius 1 is 1.50 bits per heavy atom. The summed E-state index contributed by atoms with van der Waals surface area (Å²) >= 11 is 0. The molecule has 0 fully saturated rings. The van der Waals surface area contributed by atoms with Crippen molar-refractivity contribution in [2.24, 2.45) is 0 Å². The summed E-state index contributed by atoms with van der Waals surface area (Å²) < 4.78 is 60.9. The fourth-order valence-corrected chi connectivity index (χ4v) is 1.45. The summed E-state index contributed by atoms with van der Waals surface area (Å²) in [6.45, 7) is 0.0426. The van der Waals surface area contributed by atoms with Gasteiger partial charge >= 0.3 is 6.18 Å². The highest BCUT2D eigenvalue weighted by Crippen LogP contribution is 2.26. The van der Waals surface area contributed by atoms with Crippen molar-refractivity contribution in [1.29, 1.82) is 0 Å². The monoisotopic (exact) mass is 257 g/mol. The van der Waals surface area contributed by atoms with Gasteiger partial charge in [-0.2, -0.15) is 18.3 Å². The third-order valence-electron chi connectivity index (χ3n) is 1.64. The lowest BCUT2D eigenvalue weighted by Gasteiger charge is -2.03. The highest BCUT2D eigenvalue weighted by molar-refractivity contribution is 7.88. The third kappa shape index (κ3) is 4.19. The minimum absolute atomic E-state index is 0.00217. The first-order chi connectivity index (χ1) is 7.18. The molecule has 0 aliphatic carbocycles. The standard InChI is InChI=1S/C7H10F3N3O2S/c1-16(14,15)11-3-5-13-4-2-6(12-13)7(8,9)10/h2,4,11H,3,5H2,1H3. The first-order valence-electron chi connectivity index (χ1n) is 4.24. The van der Waals surface area contributed by atoms with E-state index in [1.165, 1.54) is 0 Å². The van der Waals surface area contributed by atoms with E-state index >= 15 is 0 Å². The van der Waals surface area contributed by atoms with E-state index in [4.69, 9.17) is 0 Å². The van der Waals surface area contributed by atoms with Crippen molar-refractivity contribution in [1.82, 2.24) is 14.5 Å². The second-order valence-corrected chi connectivity index (χ2v) is 4.96. The van der Waals surface area contributed by atoms with Gasteiger partial charge in [-0.1, -0.05) is 0 Å².